The van der Waals surface area contributed by atoms with E-state index in [4.69, 9.17) is 9.40 Å². The van der Waals surface area contributed by atoms with Crippen molar-refractivity contribution in [1.29, 1.82) is 0 Å². The van der Waals surface area contributed by atoms with E-state index in [0.717, 1.165) is 32.3 Å². The van der Waals surface area contributed by atoms with Crippen molar-refractivity contribution in [2.24, 2.45) is 0 Å². The topological polar surface area (TPSA) is 63.3 Å². The van der Waals surface area contributed by atoms with E-state index < -0.39 is 5.63 Å². The minimum Gasteiger partial charge on any atom is -0.423 e. The van der Waals surface area contributed by atoms with E-state index in [0.29, 0.717) is 17.6 Å². The molecule has 1 N–H and O–H groups in total. The van der Waals surface area contributed by atoms with Crippen LogP contribution in [0.4, 0.5) is 4.39 Å². The van der Waals surface area contributed by atoms with E-state index >= 15 is 0 Å². The van der Waals surface area contributed by atoms with Gasteiger partial charge in [-0.05, 0) is 54.3 Å². The Kier molecular flexibility index (Phi) is 6.32. The highest BCUT2D eigenvalue weighted by molar-refractivity contribution is 8.01. The summed E-state index contributed by atoms with van der Waals surface area (Å²) in [7, 11) is 0. The van der Waals surface area contributed by atoms with E-state index in [2.05, 4.69) is 6.92 Å². The predicted molar refractivity (Wildman–Crippen MR) is 119 cm³/mol. The molecule has 0 aliphatic rings. The second kappa shape index (κ2) is 9.12. The zero-order valence-electron chi connectivity index (χ0n) is 16.3. The summed E-state index contributed by atoms with van der Waals surface area (Å²) in [6.45, 7) is 2.25. The summed E-state index contributed by atoms with van der Waals surface area (Å²) in [4.78, 5) is 17.7. The number of aliphatic hydroxyl groups is 1. The summed E-state index contributed by atoms with van der Waals surface area (Å²) < 4.78 is 19.6. The minimum absolute atomic E-state index is 0.151. The summed E-state index contributed by atoms with van der Waals surface area (Å²) in [6, 6.07) is 13.2. The smallest absolute Gasteiger partial charge is 0.336 e. The normalized spacial score (nSPS) is 12.4. The largest absolute Gasteiger partial charge is 0.423 e. The van der Waals surface area contributed by atoms with Gasteiger partial charge in [-0.2, -0.15) is 0 Å². The molecule has 0 radical (unpaired) electrons. The lowest BCUT2D eigenvalue weighted by atomic mass is 10.0. The Hall–Kier alpha value is -2.48. The van der Waals surface area contributed by atoms with Crippen LogP contribution in [0, 0.1) is 5.82 Å². The first kappa shape index (κ1) is 20.8. The molecule has 0 aliphatic heterocycles. The molecule has 2 aromatic carbocycles. The van der Waals surface area contributed by atoms with Crippen LogP contribution >= 0.6 is 23.1 Å². The van der Waals surface area contributed by atoms with Crippen molar-refractivity contribution in [3.05, 3.63) is 75.8 Å². The SMILES string of the molecule is CCC(CCO)c1csc(Sc2ccc3c(-c4ccc(F)cc4)cc(=O)oc3c2)n1. The van der Waals surface area contributed by atoms with Crippen LogP contribution in [0.15, 0.2) is 72.4 Å². The number of aromatic nitrogens is 1. The van der Waals surface area contributed by atoms with E-state index in [1.165, 1.54) is 30.0 Å². The maximum Gasteiger partial charge on any atom is 0.336 e. The third-order valence-electron chi connectivity index (χ3n) is 4.97. The first-order valence-electron chi connectivity index (χ1n) is 9.65. The van der Waals surface area contributed by atoms with Crippen molar-refractivity contribution in [3.8, 4) is 11.1 Å². The Morgan fingerprint density at radius 3 is 2.73 bits per heavy atom. The lowest BCUT2D eigenvalue weighted by Gasteiger charge is -2.09. The van der Waals surface area contributed by atoms with Gasteiger partial charge in [0.05, 0.1) is 5.69 Å². The maximum absolute atomic E-state index is 13.3. The number of thiazole rings is 1. The third-order valence-corrected chi connectivity index (χ3v) is 6.91. The molecule has 2 heterocycles. The molecular formula is C23H20FNO3S2. The Bertz CT molecular complexity index is 1220. The van der Waals surface area contributed by atoms with Gasteiger partial charge in [-0.25, -0.2) is 14.2 Å². The minimum atomic E-state index is -0.449. The first-order valence-corrected chi connectivity index (χ1v) is 11.3. The van der Waals surface area contributed by atoms with Crippen LogP contribution in [0.25, 0.3) is 22.1 Å². The summed E-state index contributed by atoms with van der Waals surface area (Å²) in [5, 5.41) is 12.1. The predicted octanol–water partition coefficient (Wildman–Crippen LogP) is 6.08. The number of halogens is 1. The van der Waals surface area contributed by atoms with E-state index in [1.54, 1.807) is 23.5 Å². The fourth-order valence-electron chi connectivity index (χ4n) is 3.40. The highest BCUT2D eigenvalue weighted by Gasteiger charge is 2.14. The van der Waals surface area contributed by atoms with Gasteiger partial charge in [-0.3, -0.25) is 0 Å². The molecule has 2 aromatic heterocycles. The second-order valence-electron chi connectivity index (χ2n) is 6.90. The summed E-state index contributed by atoms with van der Waals surface area (Å²) in [5.74, 6) is -0.0645. The third kappa shape index (κ3) is 4.48. The molecule has 1 atom stereocenters. The van der Waals surface area contributed by atoms with E-state index in [-0.39, 0.29) is 18.3 Å². The first-order chi connectivity index (χ1) is 14.6. The average molecular weight is 442 g/mol. The lowest BCUT2D eigenvalue weighted by Crippen LogP contribution is -2.00. The summed E-state index contributed by atoms with van der Waals surface area (Å²) in [5.41, 5.74) is 2.51. The second-order valence-corrected chi connectivity index (χ2v) is 9.08. The van der Waals surface area contributed by atoms with Crippen LogP contribution in [0.1, 0.15) is 31.4 Å². The number of fused-ring (bicyclic) bond motifs is 1. The van der Waals surface area contributed by atoms with Gasteiger partial charge in [0.15, 0.2) is 4.34 Å². The number of hydrogen-bond acceptors (Lipinski definition) is 6. The molecule has 0 bridgehead atoms. The monoisotopic (exact) mass is 441 g/mol. The van der Waals surface area contributed by atoms with Crippen LogP contribution in [-0.2, 0) is 0 Å². The van der Waals surface area contributed by atoms with Gasteiger partial charge >= 0.3 is 5.63 Å². The number of rotatable bonds is 7. The Balaban J connectivity index is 1.65. The molecule has 0 amide bonds. The molecule has 0 saturated carbocycles. The molecule has 0 saturated heterocycles. The number of nitrogens with zero attached hydrogens (tertiary/aromatic N) is 1. The van der Waals surface area contributed by atoms with Gasteiger partial charge in [0.2, 0.25) is 0 Å². The van der Waals surface area contributed by atoms with E-state index in [9.17, 15) is 14.3 Å². The molecule has 0 fully saturated rings. The van der Waals surface area contributed by atoms with Crippen LogP contribution in [0.3, 0.4) is 0 Å². The highest BCUT2D eigenvalue weighted by Crippen LogP contribution is 2.36. The molecule has 7 heteroatoms. The Morgan fingerprint density at radius 1 is 1.20 bits per heavy atom. The van der Waals surface area contributed by atoms with Crippen molar-refractivity contribution < 1.29 is 13.9 Å². The molecule has 4 aromatic rings. The fraction of sp³-hybridized carbons (Fsp3) is 0.217. The summed E-state index contributed by atoms with van der Waals surface area (Å²) >= 11 is 3.08. The molecule has 154 valence electrons. The van der Waals surface area contributed by atoms with Crippen molar-refractivity contribution in [3.63, 3.8) is 0 Å². The molecule has 4 rings (SSSR count). The van der Waals surface area contributed by atoms with Crippen LogP contribution in [0.5, 0.6) is 0 Å². The zero-order valence-corrected chi connectivity index (χ0v) is 17.9. The van der Waals surface area contributed by atoms with Gasteiger partial charge in [0.25, 0.3) is 0 Å². The van der Waals surface area contributed by atoms with Crippen molar-refractivity contribution in [1.82, 2.24) is 4.98 Å². The van der Waals surface area contributed by atoms with Crippen LogP contribution in [-0.4, -0.2) is 16.7 Å². The summed E-state index contributed by atoms with van der Waals surface area (Å²) in [6.07, 6.45) is 1.64. The van der Waals surface area contributed by atoms with Gasteiger partial charge < -0.3 is 9.52 Å². The van der Waals surface area contributed by atoms with Crippen molar-refractivity contribution >= 4 is 34.1 Å². The lowest BCUT2D eigenvalue weighted by molar-refractivity contribution is 0.273. The maximum atomic E-state index is 13.3. The molecule has 0 spiro atoms. The molecular weight excluding hydrogens is 421 g/mol. The van der Waals surface area contributed by atoms with Crippen LogP contribution in [0.2, 0.25) is 0 Å². The van der Waals surface area contributed by atoms with Gasteiger partial charge in [-0.15, -0.1) is 11.3 Å². The Labute approximate surface area is 181 Å². The molecule has 30 heavy (non-hydrogen) atoms. The number of benzene rings is 2. The van der Waals surface area contributed by atoms with Gasteiger partial charge in [0.1, 0.15) is 11.4 Å². The standard InChI is InChI=1S/C23H20FNO3S2/c1-2-14(9-10-26)20-13-29-23(25-20)30-17-7-8-18-19(12-22(27)28-21(18)11-17)15-3-5-16(24)6-4-15/h3-8,11-14,26H,2,9-10H2,1H3. The average Bonchev–Trinajstić information content (AvgIpc) is 3.20. The van der Waals surface area contributed by atoms with Crippen molar-refractivity contribution in [2.75, 3.05) is 6.61 Å². The van der Waals surface area contributed by atoms with Crippen LogP contribution < -0.4 is 5.63 Å². The molecule has 0 aliphatic carbocycles. The number of aliphatic hydroxyl groups excluding tert-OH is 1. The fourth-order valence-corrected chi connectivity index (χ4v) is 5.30. The molecule has 4 nitrogen and oxygen atoms in total. The quantitative estimate of drug-likeness (QED) is 0.352. The van der Waals surface area contributed by atoms with E-state index in [1.807, 2.05) is 23.6 Å². The zero-order chi connectivity index (χ0) is 21.1. The van der Waals surface area contributed by atoms with Crippen molar-refractivity contribution in [2.45, 2.75) is 34.9 Å². The van der Waals surface area contributed by atoms with Gasteiger partial charge in [-0.1, -0.05) is 30.8 Å². The van der Waals surface area contributed by atoms with Gasteiger partial charge in [0, 0.05) is 34.3 Å². The number of hydrogen-bond donors (Lipinski definition) is 1. The Morgan fingerprint density at radius 2 is 2.00 bits per heavy atom. The highest BCUT2D eigenvalue weighted by atomic mass is 32.2. The molecule has 1 unspecified atom stereocenters.